The molecule has 0 saturated heterocycles. The number of anilines is 1. The number of sulfonamides is 1. The van der Waals surface area contributed by atoms with Crippen molar-refractivity contribution in [3.8, 4) is 0 Å². The van der Waals surface area contributed by atoms with Crippen LogP contribution in [0.25, 0.3) is 0 Å². The van der Waals surface area contributed by atoms with Crippen LogP contribution < -0.4 is 9.62 Å². The molecule has 0 spiro atoms. The van der Waals surface area contributed by atoms with E-state index in [0.29, 0.717) is 22.7 Å². The number of nitrogens with zero attached hydrogens (tertiary/aromatic N) is 2. The molecule has 208 valence electrons. The first-order valence-corrected chi connectivity index (χ1v) is 14.8. The van der Waals surface area contributed by atoms with Crippen LogP contribution in [0.5, 0.6) is 0 Å². The molecule has 39 heavy (non-hydrogen) atoms. The second-order valence-electron chi connectivity index (χ2n) is 9.53. The van der Waals surface area contributed by atoms with E-state index in [4.69, 9.17) is 11.6 Å². The van der Waals surface area contributed by atoms with Crippen LogP contribution in [0.4, 0.5) is 5.69 Å². The van der Waals surface area contributed by atoms with Crippen molar-refractivity contribution in [1.82, 2.24) is 10.2 Å². The van der Waals surface area contributed by atoms with Gasteiger partial charge in [0.15, 0.2) is 0 Å². The summed E-state index contributed by atoms with van der Waals surface area (Å²) in [6, 6.07) is 21.7. The number of halogens is 1. The van der Waals surface area contributed by atoms with Crippen molar-refractivity contribution in [3.05, 3.63) is 95.0 Å². The molecule has 0 unspecified atom stereocenters. The lowest BCUT2D eigenvalue weighted by Crippen LogP contribution is -2.53. The van der Waals surface area contributed by atoms with Gasteiger partial charge in [-0.05, 0) is 69.0 Å². The maximum atomic E-state index is 13.9. The smallest absolute Gasteiger partial charge is 0.264 e. The molecule has 0 heterocycles. The van der Waals surface area contributed by atoms with E-state index >= 15 is 0 Å². The van der Waals surface area contributed by atoms with Gasteiger partial charge in [-0.25, -0.2) is 8.42 Å². The minimum atomic E-state index is -4.13. The standard InChI is InChI=1S/C30H36ClN3O4S/c1-5-22(2)32-30(36)24(4)33(20-19-25-13-8-6-9-14-25)29(35)21-34(28-18-12-17-27(31)23(28)3)39(37,38)26-15-10-7-11-16-26/h6-18,22,24H,5,19-21H2,1-4H3,(H,32,36)/t22-,24-/m0/s1. The van der Waals surface area contributed by atoms with Crippen LogP contribution in [-0.4, -0.2) is 50.3 Å². The number of hydrogen-bond donors (Lipinski definition) is 1. The number of carbonyl (C=O) groups excluding carboxylic acids is 2. The molecule has 3 aromatic rings. The van der Waals surface area contributed by atoms with Crippen LogP contribution >= 0.6 is 11.6 Å². The highest BCUT2D eigenvalue weighted by Crippen LogP contribution is 2.31. The lowest BCUT2D eigenvalue weighted by molar-refractivity contribution is -0.139. The number of carbonyl (C=O) groups is 2. The second-order valence-corrected chi connectivity index (χ2v) is 11.8. The van der Waals surface area contributed by atoms with E-state index in [1.54, 1.807) is 50.2 Å². The summed E-state index contributed by atoms with van der Waals surface area (Å²) in [5.74, 6) is -0.779. The minimum absolute atomic E-state index is 0.0515. The molecule has 3 rings (SSSR count). The predicted octanol–water partition coefficient (Wildman–Crippen LogP) is 5.22. The van der Waals surface area contributed by atoms with E-state index in [-0.39, 0.29) is 23.4 Å². The fourth-order valence-electron chi connectivity index (χ4n) is 4.13. The Labute approximate surface area is 236 Å². The zero-order valence-corrected chi connectivity index (χ0v) is 24.4. The highest BCUT2D eigenvalue weighted by Gasteiger charge is 2.33. The third-order valence-electron chi connectivity index (χ3n) is 6.77. The predicted molar refractivity (Wildman–Crippen MR) is 156 cm³/mol. The zero-order chi connectivity index (χ0) is 28.6. The Hall–Kier alpha value is -3.36. The Bertz CT molecular complexity index is 1370. The van der Waals surface area contributed by atoms with E-state index in [9.17, 15) is 18.0 Å². The third kappa shape index (κ3) is 7.61. The summed E-state index contributed by atoms with van der Waals surface area (Å²) in [5, 5.41) is 3.32. The van der Waals surface area contributed by atoms with E-state index < -0.39 is 28.5 Å². The molecule has 1 N–H and O–H groups in total. The lowest BCUT2D eigenvalue weighted by Gasteiger charge is -2.33. The van der Waals surface area contributed by atoms with Crippen molar-refractivity contribution >= 4 is 39.1 Å². The molecular weight excluding hydrogens is 534 g/mol. The van der Waals surface area contributed by atoms with Crippen LogP contribution in [0, 0.1) is 6.92 Å². The molecule has 0 aliphatic rings. The molecule has 2 atom stereocenters. The largest absolute Gasteiger partial charge is 0.352 e. The van der Waals surface area contributed by atoms with Crippen molar-refractivity contribution in [2.45, 2.75) is 57.5 Å². The van der Waals surface area contributed by atoms with Crippen molar-refractivity contribution in [2.75, 3.05) is 17.4 Å². The highest BCUT2D eigenvalue weighted by molar-refractivity contribution is 7.92. The Balaban J connectivity index is 2.00. The van der Waals surface area contributed by atoms with Crippen LogP contribution in [0.2, 0.25) is 5.02 Å². The summed E-state index contributed by atoms with van der Waals surface area (Å²) < 4.78 is 28.8. The maximum Gasteiger partial charge on any atom is 0.264 e. The molecule has 0 radical (unpaired) electrons. The zero-order valence-electron chi connectivity index (χ0n) is 22.8. The van der Waals surface area contributed by atoms with Gasteiger partial charge in [-0.2, -0.15) is 0 Å². The number of amides is 2. The Morgan fingerprint density at radius 2 is 1.54 bits per heavy atom. The summed E-state index contributed by atoms with van der Waals surface area (Å²) in [7, 11) is -4.13. The minimum Gasteiger partial charge on any atom is -0.352 e. The molecule has 7 nitrogen and oxygen atoms in total. The molecule has 9 heteroatoms. The van der Waals surface area contributed by atoms with Crippen LogP contribution in [0.1, 0.15) is 38.3 Å². The van der Waals surface area contributed by atoms with Gasteiger partial charge in [0.1, 0.15) is 12.6 Å². The molecule has 2 amide bonds. The molecule has 0 aliphatic carbocycles. The summed E-state index contributed by atoms with van der Waals surface area (Å²) in [4.78, 5) is 28.5. The van der Waals surface area contributed by atoms with E-state index in [0.717, 1.165) is 16.3 Å². The SMILES string of the molecule is CC[C@H](C)NC(=O)[C@H](C)N(CCc1ccccc1)C(=O)CN(c1cccc(Cl)c1C)S(=O)(=O)c1ccccc1. The van der Waals surface area contributed by atoms with Gasteiger partial charge in [0, 0.05) is 17.6 Å². The van der Waals surface area contributed by atoms with Crippen molar-refractivity contribution in [2.24, 2.45) is 0 Å². The van der Waals surface area contributed by atoms with E-state index in [1.165, 1.54) is 17.0 Å². The first-order valence-electron chi connectivity index (χ1n) is 13.0. The summed E-state index contributed by atoms with van der Waals surface area (Å²) in [6.07, 6.45) is 1.25. The Morgan fingerprint density at radius 1 is 0.923 bits per heavy atom. The van der Waals surface area contributed by atoms with Crippen LogP contribution in [-0.2, 0) is 26.0 Å². The van der Waals surface area contributed by atoms with Gasteiger partial charge in [0.2, 0.25) is 11.8 Å². The Morgan fingerprint density at radius 3 is 2.15 bits per heavy atom. The quantitative estimate of drug-likeness (QED) is 0.324. The first kappa shape index (κ1) is 30.2. The lowest BCUT2D eigenvalue weighted by atomic mass is 10.1. The fourth-order valence-corrected chi connectivity index (χ4v) is 5.80. The maximum absolute atomic E-state index is 13.9. The fraction of sp³-hybridized carbons (Fsp3) is 0.333. The number of hydrogen-bond acceptors (Lipinski definition) is 4. The summed E-state index contributed by atoms with van der Waals surface area (Å²) in [5.41, 5.74) is 1.84. The van der Waals surface area contributed by atoms with Gasteiger partial charge in [-0.15, -0.1) is 0 Å². The third-order valence-corrected chi connectivity index (χ3v) is 8.95. The molecular formula is C30H36ClN3O4S. The number of benzene rings is 3. The van der Waals surface area contributed by atoms with Crippen molar-refractivity contribution < 1.29 is 18.0 Å². The molecule has 0 aromatic heterocycles. The van der Waals surface area contributed by atoms with Crippen LogP contribution in [0.15, 0.2) is 83.8 Å². The Kier molecular flexibility index (Phi) is 10.5. The monoisotopic (exact) mass is 569 g/mol. The van der Waals surface area contributed by atoms with Crippen molar-refractivity contribution in [3.63, 3.8) is 0 Å². The van der Waals surface area contributed by atoms with Crippen LogP contribution in [0.3, 0.4) is 0 Å². The van der Waals surface area contributed by atoms with Gasteiger partial charge in [0.25, 0.3) is 10.0 Å². The highest BCUT2D eigenvalue weighted by atomic mass is 35.5. The van der Waals surface area contributed by atoms with Gasteiger partial charge >= 0.3 is 0 Å². The van der Waals surface area contributed by atoms with Gasteiger partial charge in [0.05, 0.1) is 10.6 Å². The van der Waals surface area contributed by atoms with Crippen molar-refractivity contribution in [1.29, 1.82) is 0 Å². The first-order chi connectivity index (χ1) is 18.6. The molecule has 0 aliphatic heterocycles. The normalized spacial score (nSPS) is 12.8. The molecule has 0 bridgehead atoms. The average Bonchev–Trinajstić information content (AvgIpc) is 2.94. The molecule has 3 aromatic carbocycles. The number of rotatable bonds is 12. The van der Waals surface area contributed by atoms with Gasteiger partial charge in [-0.1, -0.05) is 73.1 Å². The molecule has 0 fully saturated rings. The number of nitrogens with one attached hydrogen (secondary N) is 1. The summed E-state index contributed by atoms with van der Waals surface area (Å²) >= 11 is 6.36. The summed E-state index contributed by atoms with van der Waals surface area (Å²) in [6.45, 7) is 7.00. The molecule has 0 saturated carbocycles. The van der Waals surface area contributed by atoms with E-state index in [2.05, 4.69) is 5.32 Å². The topological polar surface area (TPSA) is 86.8 Å². The van der Waals surface area contributed by atoms with Gasteiger partial charge < -0.3 is 10.2 Å². The second kappa shape index (κ2) is 13.6. The van der Waals surface area contributed by atoms with Gasteiger partial charge in [-0.3, -0.25) is 13.9 Å². The van der Waals surface area contributed by atoms with E-state index in [1.807, 2.05) is 44.2 Å². The average molecular weight is 570 g/mol.